The van der Waals surface area contributed by atoms with Crippen LogP contribution in [0, 0.1) is 0 Å². The molecule has 5 nitrogen and oxygen atoms in total. The van der Waals surface area contributed by atoms with E-state index in [1.54, 1.807) is 12.1 Å². The van der Waals surface area contributed by atoms with Crippen molar-refractivity contribution in [3.05, 3.63) is 12.1 Å². The van der Waals surface area contributed by atoms with Crippen LogP contribution in [0.15, 0.2) is 12.1 Å². The van der Waals surface area contributed by atoms with Crippen molar-refractivity contribution in [3.63, 3.8) is 0 Å². The Bertz CT molecular complexity index is 388. The first-order chi connectivity index (χ1) is 8.09. The number of nitrogens with zero attached hydrogens (tertiary/aromatic N) is 1. The van der Waals surface area contributed by atoms with Crippen molar-refractivity contribution < 1.29 is 5.11 Å². The number of anilines is 3. The number of hydrogen-bond acceptors (Lipinski definition) is 5. The zero-order valence-corrected chi connectivity index (χ0v) is 9.95. The van der Waals surface area contributed by atoms with Crippen molar-refractivity contribution in [3.8, 4) is 0 Å². The molecule has 1 aromatic heterocycles. The first-order valence-electron chi connectivity index (χ1n) is 6.07. The molecule has 17 heavy (non-hydrogen) atoms. The third kappa shape index (κ3) is 3.00. The summed E-state index contributed by atoms with van der Waals surface area (Å²) in [5, 5.41) is 13.4. The first kappa shape index (κ1) is 12.0. The molecule has 0 unspecified atom stereocenters. The summed E-state index contributed by atoms with van der Waals surface area (Å²) < 4.78 is 0. The zero-order chi connectivity index (χ0) is 12.3. The van der Waals surface area contributed by atoms with Crippen LogP contribution >= 0.6 is 0 Å². The van der Waals surface area contributed by atoms with Crippen LogP contribution in [0.5, 0.6) is 0 Å². The number of hydrogen-bond donors (Lipinski definition) is 4. The van der Waals surface area contributed by atoms with Crippen LogP contribution in [0.4, 0.5) is 17.3 Å². The fourth-order valence-corrected chi connectivity index (χ4v) is 2.23. The van der Waals surface area contributed by atoms with Gasteiger partial charge in [-0.3, -0.25) is 0 Å². The highest BCUT2D eigenvalue weighted by atomic mass is 16.3. The average molecular weight is 236 g/mol. The van der Waals surface area contributed by atoms with Crippen LogP contribution < -0.4 is 16.8 Å². The molecule has 94 valence electrons. The largest absolute Gasteiger partial charge is 0.396 e. The molecule has 0 aliphatic heterocycles. The van der Waals surface area contributed by atoms with Crippen molar-refractivity contribution in [2.24, 2.45) is 0 Å². The third-order valence-corrected chi connectivity index (χ3v) is 3.34. The molecule has 1 fully saturated rings. The quantitative estimate of drug-likeness (QED) is 0.635. The summed E-state index contributed by atoms with van der Waals surface area (Å²) in [6, 6.07) is 3.49. The highest BCUT2D eigenvalue weighted by molar-refractivity contribution is 5.61. The second kappa shape index (κ2) is 4.79. The predicted octanol–water partition coefficient (Wildman–Crippen LogP) is 1.35. The summed E-state index contributed by atoms with van der Waals surface area (Å²) in [6.45, 7) is 0.517. The van der Waals surface area contributed by atoms with E-state index in [9.17, 15) is 5.11 Å². The summed E-state index contributed by atoms with van der Waals surface area (Å²) in [5.74, 6) is 0.987. The second-order valence-electron chi connectivity index (χ2n) is 4.81. The molecule has 0 saturated heterocycles. The summed E-state index contributed by atoms with van der Waals surface area (Å²) in [5.41, 5.74) is 11.1. The molecule has 1 aliphatic rings. The van der Waals surface area contributed by atoms with Gasteiger partial charge in [-0.05, 0) is 25.0 Å². The van der Waals surface area contributed by atoms with Gasteiger partial charge in [-0.25, -0.2) is 4.98 Å². The highest BCUT2D eigenvalue weighted by Crippen LogP contribution is 2.28. The Morgan fingerprint density at radius 3 is 2.59 bits per heavy atom. The van der Waals surface area contributed by atoms with Gasteiger partial charge in [0.15, 0.2) is 0 Å². The van der Waals surface area contributed by atoms with Gasteiger partial charge < -0.3 is 21.9 Å². The molecule has 1 heterocycles. The molecule has 6 N–H and O–H groups in total. The van der Waals surface area contributed by atoms with Gasteiger partial charge in [0, 0.05) is 6.54 Å². The van der Waals surface area contributed by atoms with E-state index >= 15 is 0 Å². The molecule has 1 aromatic rings. The van der Waals surface area contributed by atoms with Crippen molar-refractivity contribution in [1.82, 2.24) is 4.98 Å². The molecule has 2 rings (SSSR count). The Balaban J connectivity index is 1.94. The maximum Gasteiger partial charge on any atom is 0.149 e. The summed E-state index contributed by atoms with van der Waals surface area (Å²) in [6.07, 6.45) is 5.11. The van der Waals surface area contributed by atoms with E-state index in [4.69, 9.17) is 11.5 Å². The number of aromatic nitrogens is 1. The van der Waals surface area contributed by atoms with E-state index in [2.05, 4.69) is 10.3 Å². The Labute approximate surface area is 101 Å². The Morgan fingerprint density at radius 1 is 1.24 bits per heavy atom. The van der Waals surface area contributed by atoms with Crippen LogP contribution in [-0.4, -0.2) is 22.2 Å². The molecule has 1 saturated carbocycles. The van der Waals surface area contributed by atoms with Gasteiger partial charge in [0.1, 0.15) is 11.6 Å². The predicted molar refractivity (Wildman–Crippen MR) is 69.6 cm³/mol. The molecule has 0 amide bonds. The third-order valence-electron chi connectivity index (χ3n) is 3.34. The first-order valence-corrected chi connectivity index (χ1v) is 6.07. The molecular weight excluding hydrogens is 216 g/mol. The summed E-state index contributed by atoms with van der Waals surface area (Å²) >= 11 is 0. The van der Waals surface area contributed by atoms with Gasteiger partial charge in [-0.2, -0.15) is 0 Å². The Morgan fingerprint density at radius 2 is 1.94 bits per heavy atom. The van der Waals surface area contributed by atoms with Crippen molar-refractivity contribution >= 4 is 17.3 Å². The van der Waals surface area contributed by atoms with Crippen LogP contribution in [0.1, 0.15) is 32.1 Å². The zero-order valence-electron chi connectivity index (χ0n) is 9.95. The van der Waals surface area contributed by atoms with Crippen LogP contribution in [0.3, 0.4) is 0 Å². The van der Waals surface area contributed by atoms with Gasteiger partial charge in [-0.15, -0.1) is 0 Å². The average Bonchev–Trinajstić information content (AvgIpc) is 2.32. The number of pyridine rings is 1. The van der Waals surface area contributed by atoms with E-state index in [-0.39, 0.29) is 0 Å². The monoisotopic (exact) mass is 236 g/mol. The number of rotatable bonds is 3. The lowest BCUT2D eigenvalue weighted by atomic mass is 9.85. The molecule has 0 aromatic carbocycles. The Hall–Kier alpha value is -1.49. The molecule has 1 aliphatic carbocycles. The van der Waals surface area contributed by atoms with Gasteiger partial charge in [-0.1, -0.05) is 19.3 Å². The second-order valence-corrected chi connectivity index (χ2v) is 4.81. The topological polar surface area (TPSA) is 97.2 Å². The maximum atomic E-state index is 10.3. The van der Waals surface area contributed by atoms with Crippen molar-refractivity contribution in [1.29, 1.82) is 0 Å². The van der Waals surface area contributed by atoms with Crippen molar-refractivity contribution in [2.75, 3.05) is 23.3 Å². The lowest BCUT2D eigenvalue weighted by Crippen LogP contribution is -2.38. The standard InChI is InChI=1S/C12H20N4O/c13-9-4-5-10(16-11(9)14)15-8-12(17)6-2-1-3-7-12/h4-5,17H,1-3,6-8,13H2,(H3,14,15,16). The van der Waals surface area contributed by atoms with Gasteiger partial charge >= 0.3 is 0 Å². The normalized spacial score (nSPS) is 18.9. The number of nitrogens with one attached hydrogen (secondary N) is 1. The fraction of sp³-hybridized carbons (Fsp3) is 0.583. The van der Waals surface area contributed by atoms with Crippen LogP contribution in [-0.2, 0) is 0 Å². The number of nitrogens with two attached hydrogens (primary N) is 2. The fourth-order valence-electron chi connectivity index (χ4n) is 2.23. The molecule has 0 spiro atoms. The smallest absolute Gasteiger partial charge is 0.149 e. The highest BCUT2D eigenvalue weighted by Gasteiger charge is 2.28. The maximum absolute atomic E-state index is 10.3. The summed E-state index contributed by atoms with van der Waals surface area (Å²) in [4.78, 5) is 4.12. The molecule has 0 atom stereocenters. The molecule has 5 heteroatoms. The minimum absolute atomic E-state index is 0.325. The van der Waals surface area contributed by atoms with E-state index in [1.807, 2.05) is 0 Å². The molecule has 0 radical (unpaired) electrons. The lowest BCUT2D eigenvalue weighted by molar-refractivity contribution is 0.0166. The van der Waals surface area contributed by atoms with E-state index in [0.29, 0.717) is 23.9 Å². The molecular formula is C12H20N4O. The van der Waals surface area contributed by atoms with Gasteiger partial charge in [0.2, 0.25) is 0 Å². The summed E-state index contributed by atoms with van der Waals surface area (Å²) in [7, 11) is 0. The Kier molecular flexibility index (Phi) is 3.38. The van der Waals surface area contributed by atoms with E-state index in [0.717, 1.165) is 25.7 Å². The number of aliphatic hydroxyl groups is 1. The van der Waals surface area contributed by atoms with Crippen LogP contribution in [0.25, 0.3) is 0 Å². The lowest BCUT2D eigenvalue weighted by Gasteiger charge is -2.32. The van der Waals surface area contributed by atoms with E-state index in [1.165, 1.54) is 6.42 Å². The molecule has 0 bridgehead atoms. The van der Waals surface area contributed by atoms with Crippen molar-refractivity contribution in [2.45, 2.75) is 37.7 Å². The van der Waals surface area contributed by atoms with E-state index < -0.39 is 5.60 Å². The number of nitrogen functional groups attached to an aromatic ring is 2. The minimum Gasteiger partial charge on any atom is -0.396 e. The van der Waals surface area contributed by atoms with Gasteiger partial charge in [0.25, 0.3) is 0 Å². The minimum atomic E-state index is -0.601. The SMILES string of the molecule is Nc1ccc(NCC2(O)CCCCC2)nc1N. The van der Waals surface area contributed by atoms with Gasteiger partial charge in [0.05, 0.1) is 11.3 Å². The van der Waals surface area contributed by atoms with Crippen LogP contribution in [0.2, 0.25) is 0 Å².